The quantitative estimate of drug-likeness (QED) is 0.590. The molecule has 2 heterocycles. The minimum atomic E-state index is -0.289. The van der Waals surface area contributed by atoms with E-state index in [0.29, 0.717) is 27.4 Å². The highest BCUT2D eigenvalue weighted by molar-refractivity contribution is 7.14. The number of amides is 1. The molecule has 0 spiro atoms. The second kappa shape index (κ2) is 7.74. The van der Waals surface area contributed by atoms with Crippen LogP contribution < -0.4 is 4.90 Å². The van der Waals surface area contributed by atoms with Crippen LogP contribution in [-0.4, -0.2) is 27.4 Å². The van der Waals surface area contributed by atoms with E-state index in [9.17, 15) is 4.79 Å². The van der Waals surface area contributed by atoms with Crippen molar-refractivity contribution in [3.63, 3.8) is 0 Å². The minimum Gasteiger partial charge on any atom is -0.279 e. The number of rotatable bonds is 5. The SMILES string of the molecule is C=CCN(C(=O)c1cnccn1)c1nc(-c2ccc(Cl)c(Cl)c2)cs1. The highest BCUT2D eigenvalue weighted by Crippen LogP contribution is 2.32. The minimum absolute atomic E-state index is 0.246. The molecule has 3 aromatic rings. The predicted octanol–water partition coefficient (Wildman–Crippen LogP) is 4.74. The zero-order valence-electron chi connectivity index (χ0n) is 12.9. The molecule has 0 saturated heterocycles. The second-order valence-corrected chi connectivity index (χ2v) is 6.59. The van der Waals surface area contributed by atoms with Crippen LogP contribution in [0, 0.1) is 0 Å². The highest BCUT2D eigenvalue weighted by Gasteiger charge is 2.21. The molecule has 0 aliphatic carbocycles. The molecule has 5 nitrogen and oxygen atoms in total. The highest BCUT2D eigenvalue weighted by atomic mass is 35.5. The summed E-state index contributed by atoms with van der Waals surface area (Å²) in [6, 6.07) is 5.28. The fourth-order valence-electron chi connectivity index (χ4n) is 2.10. The van der Waals surface area contributed by atoms with E-state index in [1.165, 1.54) is 34.8 Å². The first kappa shape index (κ1) is 17.5. The Kier molecular flexibility index (Phi) is 5.43. The Bertz CT molecular complexity index is 914. The van der Waals surface area contributed by atoms with Gasteiger partial charge in [-0.05, 0) is 12.1 Å². The van der Waals surface area contributed by atoms with Crippen molar-refractivity contribution in [2.24, 2.45) is 0 Å². The molecule has 1 amide bonds. The van der Waals surface area contributed by atoms with Gasteiger partial charge in [-0.3, -0.25) is 14.7 Å². The zero-order valence-corrected chi connectivity index (χ0v) is 15.2. The molecule has 0 aliphatic rings. The average molecular weight is 391 g/mol. The van der Waals surface area contributed by atoms with E-state index in [1.807, 2.05) is 11.4 Å². The van der Waals surface area contributed by atoms with Gasteiger partial charge in [0.05, 0.1) is 21.9 Å². The molecule has 0 unspecified atom stereocenters. The largest absolute Gasteiger partial charge is 0.280 e. The van der Waals surface area contributed by atoms with Gasteiger partial charge in [0.2, 0.25) is 0 Å². The van der Waals surface area contributed by atoms with Crippen molar-refractivity contribution >= 4 is 45.6 Å². The Balaban J connectivity index is 1.93. The first-order chi connectivity index (χ1) is 12.1. The monoisotopic (exact) mass is 390 g/mol. The number of carbonyl (C=O) groups is 1. The van der Waals surface area contributed by atoms with Gasteiger partial charge >= 0.3 is 0 Å². The normalized spacial score (nSPS) is 10.5. The maximum atomic E-state index is 12.7. The first-order valence-corrected chi connectivity index (χ1v) is 8.83. The summed E-state index contributed by atoms with van der Waals surface area (Å²) in [6.07, 6.45) is 6.04. The van der Waals surface area contributed by atoms with Crippen molar-refractivity contribution in [3.8, 4) is 11.3 Å². The third kappa shape index (κ3) is 3.87. The van der Waals surface area contributed by atoms with Gasteiger partial charge in [-0.1, -0.05) is 35.3 Å². The molecule has 0 N–H and O–H groups in total. The van der Waals surface area contributed by atoms with E-state index in [0.717, 1.165) is 5.56 Å². The lowest BCUT2D eigenvalue weighted by Crippen LogP contribution is -2.31. The fourth-order valence-corrected chi connectivity index (χ4v) is 3.24. The van der Waals surface area contributed by atoms with Crippen molar-refractivity contribution in [1.82, 2.24) is 15.0 Å². The molecule has 2 aromatic heterocycles. The van der Waals surface area contributed by atoms with Crippen LogP contribution in [0.3, 0.4) is 0 Å². The summed E-state index contributed by atoms with van der Waals surface area (Å²) >= 11 is 13.4. The molecule has 3 rings (SSSR count). The summed E-state index contributed by atoms with van der Waals surface area (Å²) < 4.78 is 0. The van der Waals surface area contributed by atoms with Crippen molar-refractivity contribution in [1.29, 1.82) is 0 Å². The second-order valence-electron chi connectivity index (χ2n) is 4.94. The Morgan fingerprint density at radius 1 is 1.28 bits per heavy atom. The Morgan fingerprint density at radius 3 is 2.80 bits per heavy atom. The Labute approximate surface area is 158 Å². The van der Waals surface area contributed by atoms with E-state index in [2.05, 4.69) is 21.5 Å². The summed E-state index contributed by atoms with van der Waals surface area (Å²) in [6.45, 7) is 4.01. The predicted molar refractivity (Wildman–Crippen MR) is 101 cm³/mol. The molecule has 25 heavy (non-hydrogen) atoms. The molecule has 0 aliphatic heterocycles. The average Bonchev–Trinajstić information content (AvgIpc) is 3.12. The molecular formula is C17H12Cl2N4OS. The van der Waals surface area contributed by atoms with Crippen LogP contribution in [0.4, 0.5) is 5.13 Å². The van der Waals surface area contributed by atoms with E-state index in [-0.39, 0.29) is 11.6 Å². The number of carbonyl (C=O) groups excluding carboxylic acids is 1. The summed E-state index contributed by atoms with van der Waals surface area (Å²) in [4.78, 5) is 26.7. The molecule has 1 aromatic carbocycles. The standard InChI is InChI=1S/C17H12Cl2N4OS/c1-2-7-23(16(24)14-9-20-5-6-21-14)17-22-15(10-25-17)11-3-4-12(18)13(19)8-11/h2-6,8-10H,1,7H2. The van der Waals surface area contributed by atoms with Crippen LogP contribution >= 0.6 is 34.5 Å². The topological polar surface area (TPSA) is 59.0 Å². The van der Waals surface area contributed by atoms with Crippen molar-refractivity contribution in [2.75, 3.05) is 11.4 Å². The zero-order chi connectivity index (χ0) is 17.8. The number of halogens is 2. The van der Waals surface area contributed by atoms with Gasteiger partial charge < -0.3 is 0 Å². The van der Waals surface area contributed by atoms with Crippen LogP contribution in [0.25, 0.3) is 11.3 Å². The molecule has 0 bridgehead atoms. The number of benzene rings is 1. The molecule has 0 saturated carbocycles. The van der Waals surface area contributed by atoms with Gasteiger partial charge in [0.1, 0.15) is 5.69 Å². The van der Waals surface area contributed by atoms with E-state index >= 15 is 0 Å². The lowest BCUT2D eigenvalue weighted by Gasteiger charge is -2.17. The summed E-state index contributed by atoms with van der Waals surface area (Å²) in [5.41, 5.74) is 1.78. The smallest absolute Gasteiger partial charge is 0.279 e. The van der Waals surface area contributed by atoms with E-state index in [4.69, 9.17) is 23.2 Å². The fraction of sp³-hybridized carbons (Fsp3) is 0.0588. The van der Waals surface area contributed by atoms with Crippen molar-refractivity contribution in [2.45, 2.75) is 0 Å². The maximum absolute atomic E-state index is 12.7. The van der Waals surface area contributed by atoms with Gasteiger partial charge in [0.25, 0.3) is 5.91 Å². The molecule has 8 heteroatoms. The number of aromatic nitrogens is 3. The number of anilines is 1. The van der Waals surface area contributed by atoms with Crippen LogP contribution in [0.5, 0.6) is 0 Å². The lowest BCUT2D eigenvalue weighted by molar-refractivity contribution is 0.0984. The van der Waals surface area contributed by atoms with Crippen LogP contribution in [0.15, 0.2) is 54.8 Å². The van der Waals surface area contributed by atoms with Gasteiger partial charge in [-0.2, -0.15) is 0 Å². The van der Waals surface area contributed by atoms with Crippen molar-refractivity contribution in [3.05, 3.63) is 70.6 Å². The van der Waals surface area contributed by atoms with Gasteiger partial charge in [-0.15, -0.1) is 17.9 Å². The number of nitrogens with zero attached hydrogens (tertiary/aromatic N) is 4. The number of thiazole rings is 1. The van der Waals surface area contributed by atoms with Crippen molar-refractivity contribution < 1.29 is 4.79 Å². The van der Waals surface area contributed by atoms with Gasteiger partial charge in [0.15, 0.2) is 5.13 Å². The number of hydrogen-bond acceptors (Lipinski definition) is 5. The summed E-state index contributed by atoms with van der Waals surface area (Å²) in [5, 5.41) is 3.32. The molecule has 0 atom stereocenters. The maximum Gasteiger partial charge on any atom is 0.280 e. The third-order valence-corrected chi connectivity index (χ3v) is 4.88. The van der Waals surface area contributed by atoms with E-state index in [1.54, 1.807) is 18.2 Å². The lowest BCUT2D eigenvalue weighted by atomic mass is 10.2. The molecular weight excluding hydrogens is 379 g/mol. The Hall–Kier alpha value is -2.28. The third-order valence-electron chi connectivity index (χ3n) is 3.28. The summed E-state index contributed by atoms with van der Waals surface area (Å²) in [7, 11) is 0. The van der Waals surface area contributed by atoms with Gasteiger partial charge in [-0.25, -0.2) is 9.97 Å². The Morgan fingerprint density at radius 2 is 2.12 bits per heavy atom. The number of hydrogen-bond donors (Lipinski definition) is 0. The van der Waals surface area contributed by atoms with Crippen LogP contribution in [0.2, 0.25) is 10.0 Å². The van der Waals surface area contributed by atoms with E-state index < -0.39 is 0 Å². The van der Waals surface area contributed by atoms with Crippen LogP contribution in [-0.2, 0) is 0 Å². The molecule has 0 fully saturated rings. The molecule has 0 radical (unpaired) electrons. The van der Waals surface area contributed by atoms with Crippen LogP contribution in [0.1, 0.15) is 10.5 Å². The van der Waals surface area contributed by atoms with Gasteiger partial charge in [0, 0.05) is 29.9 Å². The summed E-state index contributed by atoms with van der Waals surface area (Å²) in [5.74, 6) is -0.289. The first-order valence-electron chi connectivity index (χ1n) is 7.20. The molecule has 126 valence electrons.